The molecule has 0 spiro atoms. The normalized spacial score (nSPS) is 16.3. The zero-order valence-corrected chi connectivity index (χ0v) is 15.5. The number of sulfonamides is 1. The highest BCUT2D eigenvalue weighted by Gasteiger charge is 2.32. The average molecular weight is 420 g/mol. The highest BCUT2D eigenvalue weighted by atomic mass is 32.2. The number of carbonyl (C=O) groups excluding carboxylic acids is 1. The number of piperazine rings is 1. The molecule has 0 bridgehead atoms. The number of hydrogen-bond donors (Lipinski definition) is 0. The number of halogens is 3. The zero-order chi connectivity index (χ0) is 19.7. The number of rotatable bonds is 4. The van der Waals surface area contributed by atoms with Gasteiger partial charge < -0.3 is 9.64 Å². The Labute approximate surface area is 157 Å². The molecule has 0 atom stereocenters. The van der Waals surface area contributed by atoms with Gasteiger partial charge in [0.1, 0.15) is 9.96 Å². The third-order valence-corrected chi connectivity index (χ3v) is 7.22. The lowest BCUT2D eigenvalue weighted by molar-refractivity contribution is -0.274. The molecule has 0 N–H and O–H groups in total. The molecule has 1 aliphatic rings. The van der Waals surface area contributed by atoms with Gasteiger partial charge in [0.2, 0.25) is 0 Å². The van der Waals surface area contributed by atoms with Crippen LogP contribution < -0.4 is 4.74 Å². The van der Waals surface area contributed by atoms with Crippen LogP contribution in [0.15, 0.2) is 46.0 Å². The standard InChI is InChI=1S/C16H15F3N2O4S2/c17-16(18,19)25-13-5-3-12(4-6-13)15(22)20-7-9-21(10-8-20)27(23,24)14-2-1-11-26-14/h1-6,11H,7-10H2. The number of ether oxygens (including phenoxy) is 1. The lowest BCUT2D eigenvalue weighted by Gasteiger charge is -2.33. The number of carbonyl (C=O) groups is 1. The van der Waals surface area contributed by atoms with Crippen LogP contribution in [0, 0.1) is 0 Å². The van der Waals surface area contributed by atoms with E-state index in [1.807, 2.05) is 0 Å². The van der Waals surface area contributed by atoms with Crippen LogP contribution in [-0.2, 0) is 10.0 Å². The molecule has 1 aliphatic heterocycles. The topological polar surface area (TPSA) is 66.9 Å². The molecule has 0 unspecified atom stereocenters. The number of benzene rings is 1. The molecule has 2 heterocycles. The van der Waals surface area contributed by atoms with E-state index in [1.165, 1.54) is 27.4 Å². The Morgan fingerprint density at radius 3 is 2.19 bits per heavy atom. The molecule has 11 heteroatoms. The quantitative estimate of drug-likeness (QED) is 0.763. The molecule has 0 radical (unpaired) electrons. The summed E-state index contributed by atoms with van der Waals surface area (Å²) in [5, 5.41) is 1.68. The summed E-state index contributed by atoms with van der Waals surface area (Å²) >= 11 is 1.13. The van der Waals surface area contributed by atoms with Crippen molar-refractivity contribution in [2.45, 2.75) is 10.6 Å². The first-order chi connectivity index (χ1) is 12.7. The van der Waals surface area contributed by atoms with Gasteiger partial charge in [-0.15, -0.1) is 24.5 Å². The molecule has 0 aliphatic carbocycles. The molecular weight excluding hydrogens is 405 g/mol. The largest absolute Gasteiger partial charge is 0.573 e. The highest BCUT2D eigenvalue weighted by molar-refractivity contribution is 7.91. The molecule has 1 aromatic carbocycles. The van der Waals surface area contributed by atoms with Crippen LogP contribution in [0.3, 0.4) is 0 Å². The first-order valence-electron chi connectivity index (χ1n) is 7.85. The van der Waals surface area contributed by atoms with Crippen LogP contribution in [0.4, 0.5) is 13.2 Å². The SMILES string of the molecule is O=C(c1ccc(OC(F)(F)F)cc1)N1CCN(S(=O)(=O)c2cccs2)CC1. The summed E-state index contributed by atoms with van der Waals surface area (Å²) in [4.78, 5) is 14.0. The van der Waals surface area contributed by atoms with Crippen LogP contribution in [-0.4, -0.2) is 56.1 Å². The van der Waals surface area contributed by atoms with Crippen molar-refractivity contribution in [2.75, 3.05) is 26.2 Å². The number of thiophene rings is 1. The predicted molar refractivity (Wildman–Crippen MR) is 92.1 cm³/mol. The summed E-state index contributed by atoms with van der Waals surface area (Å²) in [5.41, 5.74) is 0.207. The van der Waals surface area contributed by atoms with Crippen LogP contribution in [0.25, 0.3) is 0 Å². The van der Waals surface area contributed by atoms with Gasteiger partial charge in [-0.05, 0) is 35.7 Å². The van der Waals surface area contributed by atoms with Gasteiger partial charge in [0.05, 0.1) is 0 Å². The van der Waals surface area contributed by atoms with Crippen molar-refractivity contribution in [1.29, 1.82) is 0 Å². The molecule has 2 aromatic rings. The highest BCUT2D eigenvalue weighted by Crippen LogP contribution is 2.24. The molecule has 146 valence electrons. The summed E-state index contributed by atoms with van der Waals surface area (Å²) in [6.07, 6.45) is -4.80. The van der Waals surface area contributed by atoms with E-state index in [0.29, 0.717) is 0 Å². The van der Waals surface area contributed by atoms with Gasteiger partial charge in [0.15, 0.2) is 0 Å². The van der Waals surface area contributed by atoms with Gasteiger partial charge in [-0.2, -0.15) is 4.31 Å². The smallest absolute Gasteiger partial charge is 0.406 e. The van der Waals surface area contributed by atoms with E-state index in [1.54, 1.807) is 11.4 Å². The van der Waals surface area contributed by atoms with Gasteiger partial charge in [0, 0.05) is 31.7 Å². The average Bonchev–Trinajstić information content (AvgIpc) is 3.16. The second-order valence-corrected chi connectivity index (χ2v) is 8.81. The molecule has 1 saturated heterocycles. The molecule has 1 amide bonds. The molecule has 27 heavy (non-hydrogen) atoms. The Bertz CT molecular complexity index is 889. The van der Waals surface area contributed by atoms with E-state index in [-0.39, 0.29) is 41.9 Å². The molecule has 0 saturated carbocycles. The lowest BCUT2D eigenvalue weighted by Crippen LogP contribution is -2.50. The summed E-state index contributed by atoms with van der Waals surface area (Å²) in [6, 6.07) is 7.82. The van der Waals surface area contributed by atoms with Crippen LogP contribution in [0.2, 0.25) is 0 Å². The minimum absolute atomic E-state index is 0.154. The summed E-state index contributed by atoms with van der Waals surface area (Å²) in [5.74, 6) is -0.785. The third kappa shape index (κ3) is 4.60. The van der Waals surface area contributed by atoms with E-state index in [0.717, 1.165) is 23.5 Å². The van der Waals surface area contributed by atoms with E-state index in [2.05, 4.69) is 4.74 Å². The van der Waals surface area contributed by atoms with Gasteiger partial charge in [-0.25, -0.2) is 8.42 Å². The number of alkyl halides is 3. The second kappa shape index (κ2) is 7.49. The van der Waals surface area contributed by atoms with Crippen LogP contribution in [0.5, 0.6) is 5.75 Å². The first kappa shape index (κ1) is 19.6. The van der Waals surface area contributed by atoms with Crippen molar-refractivity contribution in [3.05, 3.63) is 47.3 Å². The van der Waals surface area contributed by atoms with Crippen molar-refractivity contribution in [3.8, 4) is 5.75 Å². The van der Waals surface area contributed by atoms with Gasteiger partial charge in [0.25, 0.3) is 15.9 Å². The fourth-order valence-corrected chi connectivity index (χ4v) is 5.22. The van der Waals surface area contributed by atoms with Crippen LogP contribution >= 0.6 is 11.3 Å². The maximum Gasteiger partial charge on any atom is 0.573 e. The maximum atomic E-state index is 12.5. The summed E-state index contributed by atoms with van der Waals surface area (Å²) in [6.45, 7) is 0.705. The molecule has 3 rings (SSSR count). The van der Waals surface area contributed by atoms with Crippen molar-refractivity contribution in [1.82, 2.24) is 9.21 Å². The minimum atomic E-state index is -4.80. The number of nitrogens with zero attached hydrogens (tertiary/aromatic N) is 2. The molecule has 6 nitrogen and oxygen atoms in total. The fourth-order valence-electron chi connectivity index (χ4n) is 2.65. The van der Waals surface area contributed by atoms with Crippen LogP contribution in [0.1, 0.15) is 10.4 Å². The van der Waals surface area contributed by atoms with E-state index < -0.39 is 22.1 Å². The monoisotopic (exact) mass is 420 g/mol. The van der Waals surface area contributed by atoms with Gasteiger partial charge in [-0.3, -0.25) is 4.79 Å². The van der Waals surface area contributed by atoms with Gasteiger partial charge >= 0.3 is 6.36 Å². The Balaban J connectivity index is 1.62. The number of hydrogen-bond acceptors (Lipinski definition) is 5. The molecule has 1 aromatic heterocycles. The molecular formula is C16H15F3N2O4S2. The third-order valence-electron chi connectivity index (χ3n) is 3.95. The van der Waals surface area contributed by atoms with E-state index >= 15 is 0 Å². The van der Waals surface area contributed by atoms with Gasteiger partial charge in [-0.1, -0.05) is 6.07 Å². The Morgan fingerprint density at radius 2 is 1.67 bits per heavy atom. The summed E-state index contributed by atoms with van der Waals surface area (Å²) < 4.78 is 66.8. The second-order valence-electron chi connectivity index (χ2n) is 5.70. The molecule has 1 fully saturated rings. The Morgan fingerprint density at radius 1 is 1.04 bits per heavy atom. The Hall–Kier alpha value is -2.11. The van der Waals surface area contributed by atoms with E-state index in [9.17, 15) is 26.4 Å². The predicted octanol–water partition coefficient (Wildman–Crippen LogP) is 2.79. The summed E-state index contributed by atoms with van der Waals surface area (Å²) in [7, 11) is -3.56. The zero-order valence-electron chi connectivity index (χ0n) is 13.8. The minimum Gasteiger partial charge on any atom is -0.406 e. The van der Waals surface area contributed by atoms with E-state index in [4.69, 9.17) is 0 Å². The van der Waals surface area contributed by atoms with Crippen molar-refractivity contribution in [3.63, 3.8) is 0 Å². The maximum absolute atomic E-state index is 12.5. The number of amides is 1. The van der Waals surface area contributed by atoms with Crippen molar-refractivity contribution >= 4 is 27.3 Å². The van der Waals surface area contributed by atoms with Crippen molar-refractivity contribution < 1.29 is 31.1 Å². The first-order valence-corrected chi connectivity index (χ1v) is 10.2. The lowest BCUT2D eigenvalue weighted by atomic mass is 10.2. The Kier molecular flexibility index (Phi) is 5.45. The fraction of sp³-hybridized carbons (Fsp3) is 0.312. The van der Waals surface area contributed by atoms with Crippen molar-refractivity contribution in [2.24, 2.45) is 0 Å².